The Morgan fingerprint density at radius 1 is 0.962 bits per heavy atom. The van der Waals surface area contributed by atoms with Crippen molar-refractivity contribution in [3.05, 3.63) is 79.9 Å². The van der Waals surface area contributed by atoms with Crippen LogP contribution in [-0.4, -0.2) is 21.9 Å². The zero-order valence-electron chi connectivity index (χ0n) is 13.7. The van der Waals surface area contributed by atoms with E-state index in [9.17, 15) is 25.0 Å². The molecule has 1 fully saturated rings. The average molecular weight is 356 g/mol. The summed E-state index contributed by atoms with van der Waals surface area (Å²) in [5.74, 6) is -0.496. The van der Waals surface area contributed by atoms with E-state index >= 15 is 0 Å². The minimum absolute atomic E-state index is 0.186. The lowest BCUT2D eigenvalue weighted by Crippen LogP contribution is -2.15. The van der Waals surface area contributed by atoms with Crippen LogP contribution >= 0.6 is 0 Å². The lowest BCUT2D eigenvalue weighted by atomic mass is 9.98. The Kier molecular flexibility index (Phi) is 4.92. The molecule has 1 aliphatic carbocycles. The summed E-state index contributed by atoms with van der Waals surface area (Å²) in [6.45, 7) is 0. The van der Waals surface area contributed by atoms with Crippen molar-refractivity contribution >= 4 is 17.3 Å². The summed E-state index contributed by atoms with van der Waals surface area (Å²) in [6, 6.07) is 12.7. The van der Waals surface area contributed by atoms with Crippen LogP contribution in [0, 0.1) is 20.2 Å². The Labute approximate surface area is 148 Å². The monoisotopic (exact) mass is 356 g/mol. The Balaban J connectivity index is 1.72. The summed E-state index contributed by atoms with van der Waals surface area (Å²) in [5.41, 5.74) is -0.0365. The Bertz CT molecular complexity index is 820. The van der Waals surface area contributed by atoms with Crippen molar-refractivity contribution in [2.45, 2.75) is 31.3 Å². The smallest absolute Gasteiger partial charge is 0.338 e. The fraction of sp³-hybridized carbons (Fsp3) is 0.278. The molecule has 0 aromatic heterocycles. The highest BCUT2D eigenvalue weighted by Crippen LogP contribution is 2.36. The third-order valence-corrected chi connectivity index (χ3v) is 4.49. The molecular weight excluding hydrogens is 340 g/mol. The van der Waals surface area contributed by atoms with Gasteiger partial charge in [-0.3, -0.25) is 20.2 Å². The molecule has 0 spiro atoms. The highest BCUT2D eigenvalue weighted by Gasteiger charge is 2.30. The fourth-order valence-corrected chi connectivity index (χ4v) is 3.22. The zero-order valence-corrected chi connectivity index (χ0v) is 13.7. The van der Waals surface area contributed by atoms with Gasteiger partial charge in [-0.05, 0) is 30.7 Å². The number of hydrogen-bond donors (Lipinski definition) is 0. The molecule has 26 heavy (non-hydrogen) atoms. The Morgan fingerprint density at radius 2 is 1.58 bits per heavy atom. The summed E-state index contributed by atoms with van der Waals surface area (Å²) >= 11 is 0. The molecule has 2 aromatic rings. The lowest BCUT2D eigenvalue weighted by molar-refractivity contribution is -0.394. The van der Waals surface area contributed by atoms with Gasteiger partial charge in [0.05, 0.1) is 21.5 Å². The number of rotatable bonds is 5. The number of non-ortho nitro benzene ring substituents is 2. The van der Waals surface area contributed by atoms with E-state index in [2.05, 4.69) is 0 Å². The predicted molar refractivity (Wildman–Crippen MR) is 92.0 cm³/mol. The zero-order chi connectivity index (χ0) is 18.7. The SMILES string of the molecule is O=C(OC1CCC(c2ccccc2)C1)c1cc([N+](=O)[O-])cc([N+](=O)[O-])c1. The summed E-state index contributed by atoms with van der Waals surface area (Å²) in [4.78, 5) is 32.6. The first kappa shape index (κ1) is 17.5. The van der Waals surface area contributed by atoms with E-state index in [0.29, 0.717) is 12.8 Å². The van der Waals surface area contributed by atoms with Crippen LogP contribution in [0.25, 0.3) is 0 Å². The third-order valence-electron chi connectivity index (χ3n) is 4.49. The van der Waals surface area contributed by atoms with Gasteiger partial charge in [0.2, 0.25) is 0 Å². The van der Waals surface area contributed by atoms with E-state index in [-0.39, 0.29) is 17.6 Å². The minimum Gasteiger partial charge on any atom is -0.459 e. The van der Waals surface area contributed by atoms with E-state index < -0.39 is 27.2 Å². The van der Waals surface area contributed by atoms with E-state index in [1.807, 2.05) is 30.3 Å². The van der Waals surface area contributed by atoms with Gasteiger partial charge in [-0.25, -0.2) is 4.79 Å². The maximum absolute atomic E-state index is 12.3. The predicted octanol–water partition coefficient (Wildman–Crippen LogP) is 4.00. The molecule has 0 bridgehead atoms. The van der Waals surface area contributed by atoms with Gasteiger partial charge in [0.25, 0.3) is 11.4 Å². The standard InChI is InChI=1S/C18H16N2O6/c21-18(14-8-15(19(22)23)11-16(9-14)20(24)25)26-17-7-6-13(10-17)12-4-2-1-3-5-12/h1-5,8-9,11,13,17H,6-7,10H2. The Hall–Kier alpha value is -3.29. The number of esters is 1. The van der Waals surface area contributed by atoms with Gasteiger partial charge >= 0.3 is 5.97 Å². The van der Waals surface area contributed by atoms with Gasteiger partial charge in [-0.1, -0.05) is 30.3 Å². The minimum atomic E-state index is -0.782. The Morgan fingerprint density at radius 3 is 2.15 bits per heavy atom. The molecule has 2 unspecified atom stereocenters. The number of hydrogen-bond acceptors (Lipinski definition) is 6. The van der Waals surface area contributed by atoms with Gasteiger partial charge in [-0.15, -0.1) is 0 Å². The second kappa shape index (κ2) is 7.30. The molecule has 134 valence electrons. The third kappa shape index (κ3) is 3.85. The van der Waals surface area contributed by atoms with E-state index in [0.717, 1.165) is 24.6 Å². The molecule has 2 aromatic carbocycles. The van der Waals surface area contributed by atoms with Crippen molar-refractivity contribution in [1.82, 2.24) is 0 Å². The first-order valence-electron chi connectivity index (χ1n) is 8.14. The van der Waals surface area contributed by atoms with Crippen molar-refractivity contribution in [3.8, 4) is 0 Å². The average Bonchev–Trinajstić information content (AvgIpc) is 3.10. The van der Waals surface area contributed by atoms with E-state index in [1.165, 1.54) is 5.56 Å². The fourth-order valence-electron chi connectivity index (χ4n) is 3.22. The van der Waals surface area contributed by atoms with Crippen molar-refractivity contribution < 1.29 is 19.4 Å². The molecule has 8 nitrogen and oxygen atoms in total. The number of nitro benzene ring substituents is 2. The summed E-state index contributed by atoms with van der Waals surface area (Å²) in [7, 11) is 0. The van der Waals surface area contributed by atoms with Crippen LogP contribution in [0.1, 0.15) is 41.1 Å². The maximum atomic E-state index is 12.3. The normalized spacial score (nSPS) is 19.1. The van der Waals surface area contributed by atoms with Crippen LogP contribution in [0.15, 0.2) is 48.5 Å². The number of benzene rings is 2. The molecule has 1 aliphatic rings. The highest BCUT2D eigenvalue weighted by molar-refractivity contribution is 5.91. The molecule has 8 heteroatoms. The van der Waals surface area contributed by atoms with Crippen LogP contribution in [0.5, 0.6) is 0 Å². The van der Waals surface area contributed by atoms with Crippen LogP contribution in [0.4, 0.5) is 11.4 Å². The number of carbonyl (C=O) groups excluding carboxylic acids is 1. The largest absolute Gasteiger partial charge is 0.459 e. The second-order valence-electron chi connectivity index (χ2n) is 6.20. The molecule has 2 atom stereocenters. The van der Waals surface area contributed by atoms with Gasteiger partial charge in [0.15, 0.2) is 0 Å². The van der Waals surface area contributed by atoms with Crippen molar-refractivity contribution in [1.29, 1.82) is 0 Å². The summed E-state index contributed by atoms with van der Waals surface area (Å²) in [6.07, 6.45) is 1.90. The van der Waals surface area contributed by atoms with Crippen LogP contribution < -0.4 is 0 Å². The lowest BCUT2D eigenvalue weighted by Gasteiger charge is -2.13. The second-order valence-corrected chi connectivity index (χ2v) is 6.20. The van der Waals surface area contributed by atoms with Crippen molar-refractivity contribution in [2.24, 2.45) is 0 Å². The number of carbonyl (C=O) groups is 1. The van der Waals surface area contributed by atoms with Crippen LogP contribution in [0.2, 0.25) is 0 Å². The maximum Gasteiger partial charge on any atom is 0.338 e. The molecule has 0 saturated heterocycles. The number of nitrogens with zero attached hydrogens (tertiary/aromatic N) is 2. The van der Waals surface area contributed by atoms with Gasteiger partial charge in [0, 0.05) is 12.1 Å². The molecule has 0 heterocycles. The first-order chi connectivity index (χ1) is 12.4. The molecule has 1 saturated carbocycles. The van der Waals surface area contributed by atoms with Crippen LogP contribution in [-0.2, 0) is 4.74 Å². The first-order valence-corrected chi connectivity index (χ1v) is 8.14. The summed E-state index contributed by atoms with van der Waals surface area (Å²) in [5, 5.41) is 21.9. The number of ether oxygens (including phenoxy) is 1. The van der Waals surface area contributed by atoms with Crippen LogP contribution in [0.3, 0.4) is 0 Å². The topological polar surface area (TPSA) is 113 Å². The van der Waals surface area contributed by atoms with Crippen molar-refractivity contribution in [3.63, 3.8) is 0 Å². The quantitative estimate of drug-likeness (QED) is 0.455. The molecule has 0 aliphatic heterocycles. The van der Waals surface area contributed by atoms with E-state index in [1.54, 1.807) is 0 Å². The molecule has 3 rings (SSSR count). The molecular formula is C18H16N2O6. The number of nitro groups is 2. The van der Waals surface area contributed by atoms with E-state index in [4.69, 9.17) is 4.74 Å². The molecule has 0 N–H and O–H groups in total. The highest BCUT2D eigenvalue weighted by atomic mass is 16.6. The van der Waals surface area contributed by atoms with Gasteiger partial charge < -0.3 is 4.74 Å². The van der Waals surface area contributed by atoms with Crippen molar-refractivity contribution in [2.75, 3.05) is 0 Å². The van der Waals surface area contributed by atoms with Gasteiger partial charge in [-0.2, -0.15) is 0 Å². The molecule has 0 amide bonds. The summed E-state index contributed by atoms with van der Waals surface area (Å²) < 4.78 is 5.43. The van der Waals surface area contributed by atoms with Gasteiger partial charge in [0.1, 0.15) is 6.10 Å². The molecule has 0 radical (unpaired) electrons.